The third-order valence-electron chi connectivity index (χ3n) is 1.63. The minimum Gasteiger partial charge on any atom is -0.425 e. The first-order valence-electron chi connectivity index (χ1n) is 3.83. The lowest BCUT2D eigenvalue weighted by Gasteiger charge is -1.99. The number of oxazole rings is 1. The fourth-order valence-corrected chi connectivity index (χ4v) is 0.959. The average Bonchev–Trinajstić information content (AvgIpc) is 2.49. The van der Waals surface area contributed by atoms with Gasteiger partial charge in [-0.2, -0.15) is 4.98 Å². The summed E-state index contributed by atoms with van der Waals surface area (Å²) in [6, 6.07) is 0. The molecule has 0 amide bonds. The number of fused-ring (bicyclic) bond motifs is 1. The van der Waals surface area contributed by atoms with Crippen LogP contribution in [0.2, 0.25) is 0 Å². The van der Waals surface area contributed by atoms with Gasteiger partial charge >= 0.3 is 0 Å². The highest BCUT2D eigenvalue weighted by Gasteiger charge is 2.05. The van der Waals surface area contributed by atoms with Gasteiger partial charge in [-0.25, -0.2) is 9.97 Å². The number of aromatic nitrogens is 3. The minimum atomic E-state index is 0.319. The van der Waals surface area contributed by atoms with Gasteiger partial charge in [0.05, 0.1) is 6.20 Å². The van der Waals surface area contributed by atoms with Crippen molar-refractivity contribution in [3.05, 3.63) is 18.4 Å². The van der Waals surface area contributed by atoms with Crippen LogP contribution < -0.4 is 0 Å². The van der Waals surface area contributed by atoms with Gasteiger partial charge in [0, 0.05) is 5.92 Å². The Morgan fingerprint density at radius 1 is 1.33 bits per heavy atom. The Bertz CT molecular complexity index is 394. The molecule has 0 saturated carbocycles. The van der Waals surface area contributed by atoms with Crippen LogP contribution in [0.3, 0.4) is 0 Å². The van der Waals surface area contributed by atoms with E-state index in [1.807, 2.05) is 13.8 Å². The molecule has 2 rings (SSSR count). The third-order valence-corrected chi connectivity index (χ3v) is 1.63. The maximum Gasteiger partial charge on any atom is 0.250 e. The van der Waals surface area contributed by atoms with Crippen LogP contribution in [0.4, 0.5) is 0 Å². The summed E-state index contributed by atoms with van der Waals surface area (Å²) in [6.45, 7) is 4.08. The average molecular weight is 163 g/mol. The zero-order valence-electron chi connectivity index (χ0n) is 6.98. The first-order chi connectivity index (χ1) is 5.77. The Hall–Kier alpha value is -1.45. The summed E-state index contributed by atoms with van der Waals surface area (Å²) in [4.78, 5) is 12.3. The second-order valence-corrected chi connectivity index (χ2v) is 2.93. The maximum atomic E-state index is 5.05. The van der Waals surface area contributed by atoms with E-state index in [1.54, 1.807) is 6.20 Å². The molecular formula is C8H9N3O. The van der Waals surface area contributed by atoms with Crippen molar-refractivity contribution in [2.75, 3.05) is 0 Å². The summed E-state index contributed by atoms with van der Waals surface area (Å²) in [5.41, 5.74) is 1.27. The van der Waals surface area contributed by atoms with Gasteiger partial charge in [-0.05, 0) is 0 Å². The van der Waals surface area contributed by atoms with Gasteiger partial charge in [0.15, 0.2) is 6.39 Å². The molecule has 0 radical (unpaired) electrons. The number of hydrogen-bond acceptors (Lipinski definition) is 4. The van der Waals surface area contributed by atoms with Crippen LogP contribution in [-0.4, -0.2) is 15.0 Å². The highest BCUT2D eigenvalue weighted by atomic mass is 16.3. The lowest BCUT2D eigenvalue weighted by atomic mass is 10.2. The van der Waals surface area contributed by atoms with Gasteiger partial charge in [-0.1, -0.05) is 13.8 Å². The molecule has 2 heterocycles. The van der Waals surface area contributed by atoms with Crippen molar-refractivity contribution in [3.63, 3.8) is 0 Å². The van der Waals surface area contributed by atoms with Crippen LogP contribution in [0.5, 0.6) is 0 Å². The standard InChI is InChI=1S/C8H9N3O/c1-5(2)7-9-3-6-8(11-7)12-4-10-6/h3-5H,1-2H3. The first kappa shape index (κ1) is 7.21. The highest BCUT2D eigenvalue weighted by molar-refractivity contribution is 5.65. The lowest BCUT2D eigenvalue weighted by molar-refractivity contribution is 0.585. The molecule has 0 aromatic carbocycles. The third kappa shape index (κ3) is 1.05. The fourth-order valence-electron chi connectivity index (χ4n) is 0.959. The van der Waals surface area contributed by atoms with Crippen molar-refractivity contribution in [1.29, 1.82) is 0 Å². The summed E-state index contributed by atoms with van der Waals surface area (Å²) in [5, 5.41) is 0. The second kappa shape index (κ2) is 2.55. The Morgan fingerprint density at radius 2 is 2.17 bits per heavy atom. The Kier molecular flexibility index (Phi) is 1.53. The quantitative estimate of drug-likeness (QED) is 0.642. The van der Waals surface area contributed by atoms with Crippen LogP contribution in [0.1, 0.15) is 25.6 Å². The van der Waals surface area contributed by atoms with Crippen LogP contribution >= 0.6 is 0 Å². The molecule has 0 aliphatic rings. The molecule has 2 aromatic heterocycles. The van der Waals surface area contributed by atoms with E-state index in [0.29, 0.717) is 17.1 Å². The summed E-state index contributed by atoms with van der Waals surface area (Å²) >= 11 is 0. The van der Waals surface area contributed by atoms with Gasteiger partial charge in [0.1, 0.15) is 11.3 Å². The van der Waals surface area contributed by atoms with Gasteiger partial charge in [-0.15, -0.1) is 0 Å². The summed E-state index contributed by atoms with van der Waals surface area (Å²) in [6.07, 6.45) is 3.06. The summed E-state index contributed by atoms with van der Waals surface area (Å²) in [5.74, 6) is 1.11. The highest BCUT2D eigenvalue weighted by Crippen LogP contribution is 2.12. The van der Waals surface area contributed by atoms with Crippen molar-refractivity contribution in [2.45, 2.75) is 19.8 Å². The Balaban J connectivity index is 2.60. The van der Waals surface area contributed by atoms with E-state index >= 15 is 0 Å². The van der Waals surface area contributed by atoms with E-state index in [9.17, 15) is 0 Å². The molecule has 4 nitrogen and oxygen atoms in total. The molecule has 2 aromatic rings. The molecule has 0 aliphatic carbocycles. The fraction of sp³-hybridized carbons (Fsp3) is 0.375. The minimum absolute atomic E-state index is 0.319. The molecule has 12 heavy (non-hydrogen) atoms. The SMILES string of the molecule is CC(C)c1ncc2ncoc2n1. The molecule has 62 valence electrons. The molecule has 0 fully saturated rings. The summed E-state index contributed by atoms with van der Waals surface area (Å²) in [7, 11) is 0. The molecule has 0 atom stereocenters. The maximum absolute atomic E-state index is 5.05. The summed E-state index contributed by atoms with van der Waals surface area (Å²) < 4.78 is 5.05. The molecular weight excluding hydrogens is 154 g/mol. The molecule has 0 spiro atoms. The van der Waals surface area contributed by atoms with Crippen LogP contribution in [0.15, 0.2) is 17.0 Å². The van der Waals surface area contributed by atoms with Gasteiger partial charge in [0.2, 0.25) is 5.71 Å². The van der Waals surface area contributed by atoms with E-state index in [-0.39, 0.29) is 0 Å². The van der Waals surface area contributed by atoms with Crippen molar-refractivity contribution in [3.8, 4) is 0 Å². The molecule has 0 N–H and O–H groups in total. The molecule has 0 bridgehead atoms. The van der Waals surface area contributed by atoms with Gasteiger partial charge in [0.25, 0.3) is 0 Å². The molecule has 4 heteroatoms. The van der Waals surface area contributed by atoms with E-state index in [4.69, 9.17) is 4.42 Å². The van der Waals surface area contributed by atoms with Crippen molar-refractivity contribution < 1.29 is 4.42 Å². The van der Waals surface area contributed by atoms with Crippen molar-refractivity contribution in [1.82, 2.24) is 15.0 Å². The molecule has 0 aliphatic heterocycles. The normalized spacial score (nSPS) is 11.2. The van der Waals surface area contributed by atoms with Crippen molar-refractivity contribution in [2.24, 2.45) is 0 Å². The largest absolute Gasteiger partial charge is 0.425 e. The van der Waals surface area contributed by atoms with Crippen LogP contribution in [0, 0.1) is 0 Å². The lowest BCUT2D eigenvalue weighted by Crippen LogP contribution is -1.95. The van der Waals surface area contributed by atoms with E-state index < -0.39 is 0 Å². The predicted molar refractivity (Wildman–Crippen MR) is 43.7 cm³/mol. The topological polar surface area (TPSA) is 51.8 Å². The Labute approximate surface area is 69.7 Å². The number of nitrogens with zero attached hydrogens (tertiary/aromatic N) is 3. The zero-order valence-corrected chi connectivity index (χ0v) is 6.98. The predicted octanol–water partition coefficient (Wildman–Crippen LogP) is 1.74. The molecule has 0 saturated heterocycles. The van der Waals surface area contributed by atoms with Crippen LogP contribution in [-0.2, 0) is 0 Å². The van der Waals surface area contributed by atoms with E-state index in [0.717, 1.165) is 5.82 Å². The second-order valence-electron chi connectivity index (χ2n) is 2.93. The van der Waals surface area contributed by atoms with E-state index in [1.165, 1.54) is 6.39 Å². The van der Waals surface area contributed by atoms with Crippen molar-refractivity contribution >= 4 is 11.2 Å². The van der Waals surface area contributed by atoms with E-state index in [2.05, 4.69) is 15.0 Å². The van der Waals surface area contributed by atoms with Crippen LogP contribution in [0.25, 0.3) is 11.2 Å². The number of rotatable bonds is 1. The van der Waals surface area contributed by atoms with Gasteiger partial charge in [-0.3, -0.25) is 0 Å². The smallest absolute Gasteiger partial charge is 0.250 e. The monoisotopic (exact) mass is 163 g/mol. The first-order valence-corrected chi connectivity index (χ1v) is 3.83. The zero-order chi connectivity index (χ0) is 8.55. The van der Waals surface area contributed by atoms with Gasteiger partial charge < -0.3 is 4.42 Å². The number of hydrogen-bond donors (Lipinski definition) is 0. The molecule has 0 unspecified atom stereocenters. The Morgan fingerprint density at radius 3 is 2.92 bits per heavy atom.